The number of rotatable bonds is 13. The summed E-state index contributed by atoms with van der Waals surface area (Å²) in [6.07, 6.45) is 2.42. The maximum absolute atomic E-state index is 12.2. The number of carbonyl (C=O) groups excluding carboxylic acids is 1. The highest BCUT2D eigenvalue weighted by molar-refractivity contribution is 5.70. The van der Waals surface area contributed by atoms with E-state index in [1.54, 1.807) is 0 Å². The maximum atomic E-state index is 12.2. The van der Waals surface area contributed by atoms with Crippen LogP contribution in [0.5, 0.6) is 0 Å². The summed E-state index contributed by atoms with van der Waals surface area (Å²) in [7, 11) is 0. The van der Waals surface area contributed by atoms with E-state index in [2.05, 4.69) is 57.2 Å². The van der Waals surface area contributed by atoms with Crippen LogP contribution in [0, 0.1) is 17.8 Å². The molecule has 0 aliphatic rings. The summed E-state index contributed by atoms with van der Waals surface area (Å²) in [4.78, 5) is 12.2. The van der Waals surface area contributed by atoms with Gasteiger partial charge in [0, 0.05) is 6.42 Å². The van der Waals surface area contributed by atoms with Crippen LogP contribution in [0.15, 0.2) is 60.7 Å². The Bertz CT molecular complexity index is 797. The minimum atomic E-state index is -0.431. The third-order valence-electron chi connectivity index (χ3n) is 5.60. The first kappa shape index (κ1) is 27.1. The van der Waals surface area contributed by atoms with Crippen molar-refractivity contribution in [3.63, 3.8) is 0 Å². The van der Waals surface area contributed by atoms with Crippen molar-refractivity contribution in [2.24, 2.45) is 17.8 Å². The topological polar surface area (TPSA) is 44.8 Å². The molecule has 4 heteroatoms. The number of ether oxygens (including phenoxy) is 3. The van der Waals surface area contributed by atoms with Gasteiger partial charge in [-0.15, -0.1) is 0 Å². The third-order valence-corrected chi connectivity index (χ3v) is 5.60. The summed E-state index contributed by atoms with van der Waals surface area (Å²) in [5.41, 5.74) is 1.88. The molecular formula is C29H42O4. The first-order valence-electron chi connectivity index (χ1n) is 12.1. The van der Waals surface area contributed by atoms with Crippen molar-refractivity contribution in [1.29, 1.82) is 0 Å². The van der Waals surface area contributed by atoms with Gasteiger partial charge in [0.15, 0.2) is 0 Å². The zero-order valence-electron chi connectivity index (χ0n) is 21.3. The predicted molar refractivity (Wildman–Crippen MR) is 134 cm³/mol. The number of hydrogen-bond donors (Lipinski definition) is 0. The van der Waals surface area contributed by atoms with Gasteiger partial charge in [0.2, 0.25) is 0 Å². The summed E-state index contributed by atoms with van der Waals surface area (Å²) in [6.45, 7) is 13.2. The Morgan fingerprint density at radius 1 is 0.848 bits per heavy atom. The van der Waals surface area contributed by atoms with Gasteiger partial charge in [-0.3, -0.25) is 4.79 Å². The van der Waals surface area contributed by atoms with Gasteiger partial charge in [0.25, 0.3) is 0 Å². The van der Waals surface area contributed by atoms with Crippen molar-refractivity contribution in [1.82, 2.24) is 0 Å². The van der Waals surface area contributed by atoms with E-state index in [-0.39, 0.29) is 24.8 Å². The van der Waals surface area contributed by atoms with Crippen molar-refractivity contribution in [2.45, 2.75) is 79.1 Å². The van der Waals surface area contributed by atoms with Crippen LogP contribution in [-0.4, -0.2) is 18.4 Å². The first-order chi connectivity index (χ1) is 15.6. The Morgan fingerprint density at radius 3 is 2.06 bits per heavy atom. The molecule has 0 bridgehead atoms. The Kier molecular flexibility index (Phi) is 11.1. The molecule has 2 rings (SSSR count). The van der Waals surface area contributed by atoms with E-state index in [1.807, 2.05) is 45.0 Å². The summed E-state index contributed by atoms with van der Waals surface area (Å²) in [6, 6.07) is 20.5. The molecule has 0 unspecified atom stereocenters. The molecule has 0 aliphatic carbocycles. The second-order valence-corrected chi connectivity index (χ2v) is 10.4. The van der Waals surface area contributed by atoms with E-state index >= 15 is 0 Å². The quantitative estimate of drug-likeness (QED) is 0.180. The van der Waals surface area contributed by atoms with E-state index in [0.717, 1.165) is 18.4 Å². The van der Waals surface area contributed by atoms with Crippen LogP contribution in [0.4, 0.5) is 0 Å². The van der Waals surface area contributed by atoms with Crippen LogP contribution >= 0.6 is 0 Å². The van der Waals surface area contributed by atoms with Gasteiger partial charge in [0.1, 0.15) is 12.4 Å². The van der Waals surface area contributed by atoms with E-state index in [4.69, 9.17) is 14.2 Å². The monoisotopic (exact) mass is 454 g/mol. The normalized spacial score (nSPS) is 15.5. The van der Waals surface area contributed by atoms with E-state index in [0.29, 0.717) is 24.9 Å². The molecule has 0 radical (unpaired) electrons. The molecule has 0 heterocycles. The Morgan fingerprint density at radius 2 is 1.45 bits per heavy atom. The molecule has 0 aliphatic heterocycles. The molecule has 33 heavy (non-hydrogen) atoms. The van der Waals surface area contributed by atoms with Crippen LogP contribution in [0.3, 0.4) is 0 Å². The molecule has 0 amide bonds. The summed E-state index contributed by atoms with van der Waals surface area (Å²) < 4.78 is 17.5. The highest BCUT2D eigenvalue weighted by atomic mass is 16.7. The summed E-state index contributed by atoms with van der Waals surface area (Å²) in [5.74, 6) is 0.956. The molecule has 0 saturated heterocycles. The fraction of sp³-hybridized carbons (Fsp3) is 0.552. The second-order valence-electron chi connectivity index (χ2n) is 10.4. The van der Waals surface area contributed by atoms with Gasteiger partial charge in [0.05, 0.1) is 12.7 Å². The average molecular weight is 455 g/mol. The molecule has 0 aromatic heterocycles. The van der Waals surface area contributed by atoms with Gasteiger partial charge in [-0.25, -0.2) is 0 Å². The molecule has 0 spiro atoms. The number of benzene rings is 2. The zero-order valence-corrected chi connectivity index (χ0v) is 21.3. The Labute approximate surface area is 200 Å². The van der Waals surface area contributed by atoms with E-state index < -0.39 is 5.60 Å². The molecular weight excluding hydrogens is 412 g/mol. The predicted octanol–water partition coefficient (Wildman–Crippen LogP) is 7.34. The molecule has 2 aromatic rings. The lowest BCUT2D eigenvalue weighted by Gasteiger charge is -2.28. The van der Waals surface area contributed by atoms with Gasteiger partial charge >= 0.3 is 5.97 Å². The van der Waals surface area contributed by atoms with Gasteiger partial charge in [-0.1, -0.05) is 81.4 Å². The highest BCUT2D eigenvalue weighted by Crippen LogP contribution is 2.33. The number of hydrogen-bond acceptors (Lipinski definition) is 4. The van der Waals surface area contributed by atoms with Crippen molar-refractivity contribution in [3.8, 4) is 0 Å². The van der Waals surface area contributed by atoms with Crippen LogP contribution in [-0.2, 0) is 25.6 Å². The molecule has 0 N–H and O–H groups in total. The Hall–Kier alpha value is -2.17. The molecule has 2 aromatic carbocycles. The molecule has 4 atom stereocenters. The largest absolute Gasteiger partial charge is 0.460 e. The van der Waals surface area contributed by atoms with E-state index in [9.17, 15) is 4.79 Å². The number of esters is 1. The minimum absolute atomic E-state index is 0.0365. The fourth-order valence-corrected chi connectivity index (χ4v) is 4.38. The fourth-order valence-electron chi connectivity index (χ4n) is 4.38. The zero-order chi connectivity index (χ0) is 24.3. The second kappa shape index (κ2) is 13.5. The lowest BCUT2D eigenvalue weighted by molar-refractivity contribution is -0.156. The number of carbonyl (C=O) groups is 1. The molecule has 182 valence electrons. The van der Waals surface area contributed by atoms with Crippen molar-refractivity contribution in [3.05, 3.63) is 71.8 Å². The van der Waals surface area contributed by atoms with Gasteiger partial charge in [-0.2, -0.15) is 0 Å². The smallest absolute Gasteiger partial charge is 0.306 e. The van der Waals surface area contributed by atoms with Crippen molar-refractivity contribution < 1.29 is 19.0 Å². The maximum Gasteiger partial charge on any atom is 0.306 e. The van der Waals surface area contributed by atoms with Crippen LogP contribution in [0.25, 0.3) is 0 Å². The van der Waals surface area contributed by atoms with Crippen molar-refractivity contribution >= 4 is 5.97 Å². The average Bonchev–Trinajstić information content (AvgIpc) is 2.73. The lowest BCUT2D eigenvalue weighted by Crippen LogP contribution is -2.25. The highest BCUT2D eigenvalue weighted by Gasteiger charge is 2.24. The first-order valence-corrected chi connectivity index (χ1v) is 12.1. The standard InChI is InChI=1S/C29H42O4/c1-22(17-23(2)19-27(30)33-29(4,5)6)18-24(3)28(26-15-11-8-12-16-26)32-21-31-20-25-13-9-7-10-14-25/h7-16,22-24,28H,17-21H2,1-6H3/t22-,23+,24-,28-/m0/s1. The molecule has 0 fully saturated rings. The summed E-state index contributed by atoms with van der Waals surface area (Å²) >= 11 is 0. The van der Waals surface area contributed by atoms with E-state index in [1.165, 1.54) is 5.56 Å². The van der Waals surface area contributed by atoms with Gasteiger partial charge in [-0.05, 0) is 62.5 Å². The molecule has 4 nitrogen and oxygen atoms in total. The Balaban J connectivity index is 1.87. The van der Waals surface area contributed by atoms with Crippen LogP contribution < -0.4 is 0 Å². The minimum Gasteiger partial charge on any atom is -0.460 e. The summed E-state index contributed by atoms with van der Waals surface area (Å²) in [5, 5.41) is 0. The SMILES string of the molecule is C[C@@H](CC(=O)OC(C)(C)C)C[C@H](C)C[C@H](C)[C@H](OCOCc1ccccc1)c1ccccc1. The molecule has 0 saturated carbocycles. The van der Waals surface area contributed by atoms with Crippen LogP contribution in [0.2, 0.25) is 0 Å². The van der Waals surface area contributed by atoms with Gasteiger partial charge < -0.3 is 14.2 Å². The third kappa shape index (κ3) is 11.0. The van der Waals surface area contributed by atoms with Crippen molar-refractivity contribution in [2.75, 3.05) is 6.79 Å². The van der Waals surface area contributed by atoms with Crippen LogP contribution in [0.1, 0.15) is 78.0 Å². The lowest BCUT2D eigenvalue weighted by atomic mass is 9.84.